The first-order chi connectivity index (χ1) is 14.9. The van der Waals surface area contributed by atoms with Gasteiger partial charge < -0.3 is 19.1 Å². The van der Waals surface area contributed by atoms with Gasteiger partial charge in [0.25, 0.3) is 5.91 Å². The first-order valence-corrected chi connectivity index (χ1v) is 9.80. The summed E-state index contributed by atoms with van der Waals surface area (Å²) in [6, 6.07) is 5.19. The smallest absolute Gasteiger partial charge is 0.408 e. The second-order valence-electron chi connectivity index (χ2n) is 6.75. The van der Waals surface area contributed by atoms with Crippen LogP contribution in [0.3, 0.4) is 0 Å². The third-order valence-electron chi connectivity index (χ3n) is 4.84. The lowest BCUT2D eigenvalue weighted by atomic mass is 9.94. The second kappa shape index (κ2) is 9.41. The number of ether oxygens (including phenoxy) is 3. The number of fused-ring (bicyclic) bond motifs is 1. The molecule has 0 bridgehead atoms. The molecule has 10 heteroatoms. The predicted molar refractivity (Wildman–Crippen MR) is 108 cm³/mol. The lowest BCUT2D eigenvalue weighted by Crippen LogP contribution is -2.59. The van der Waals surface area contributed by atoms with Gasteiger partial charge in [-0.05, 0) is 31.5 Å². The number of alkyl carbamates (subject to hydrolysis) is 1. The van der Waals surface area contributed by atoms with Gasteiger partial charge in [0, 0.05) is 24.5 Å². The Morgan fingerprint density at radius 3 is 2.61 bits per heavy atom. The van der Waals surface area contributed by atoms with Crippen LogP contribution in [0.5, 0.6) is 5.75 Å². The summed E-state index contributed by atoms with van der Waals surface area (Å²) >= 11 is 0. The molecule has 1 atom stereocenters. The molecule has 1 aromatic carbocycles. The average Bonchev–Trinajstić information content (AvgIpc) is 3.08. The Bertz CT molecular complexity index is 968. The Morgan fingerprint density at radius 1 is 1.19 bits per heavy atom. The maximum Gasteiger partial charge on any atom is 0.408 e. The van der Waals surface area contributed by atoms with Crippen LogP contribution < -0.4 is 10.1 Å². The fourth-order valence-corrected chi connectivity index (χ4v) is 3.40. The summed E-state index contributed by atoms with van der Waals surface area (Å²) in [7, 11) is 1.52. The van der Waals surface area contributed by atoms with Crippen molar-refractivity contribution >= 4 is 18.0 Å². The summed E-state index contributed by atoms with van der Waals surface area (Å²) in [5, 5.41) is 2.57. The van der Waals surface area contributed by atoms with E-state index in [-0.39, 0.29) is 37.9 Å². The van der Waals surface area contributed by atoms with Crippen LogP contribution in [0.2, 0.25) is 0 Å². The van der Waals surface area contributed by atoms with Crippen molar-refractivity contribution in [3.8, 4) is 5.75 Å². The van der Waals surface area contributed by atoms with Crippen LogP contribution in [0.15, 0.2) is 36.8 Å². The van der Waals surface area contributed by atoms with Crippen molar-refractivity contribution in [1.29, 1.82) is 0 Å². The van der Waals surface area contributed by atoms with Crippen molar-refractivity contribution in [1.82, 2.24) is 20.2 Å². The maximum atomic E-state index is 13.2. The number of esters is 1. The maximum absolute atomic E-state index is 13.2. The van der Waals surface area contributed by atoms with E-state index in [0.717, 1.165) is 5.56 Å². The fraction of sp³-hybridized carbons (Fsp3) is 0.381. The van der Waals surface area contributed by atoms with Gasteiger partial charge in [-0.25, -0.2) is 9.59 Å². The normalized spacial score (nSPS) is 14.4. The lowest BCUT2D eigenvalue weighted by molar-refractivity contribution is -0.152. The van der Waals surface area contributed by atoms with Gasteiger partial charge in [0.05, 0.1) is 38.8 Å². The average molecular weight is 428 g/mol. The van der Waals surface area contributed by atoms with Crippen LogP contribution >= 0.6 is 0 Å². The summed E-state index contributed by atoms with van der Waals surface area (Å²) in [5.41, 5.74) is -0.438. The van der Waals surface area contributed by atoms with Gasteiger partial charge in [-0.1, -0.05) is 6.07 Å². The van der Waals surface area contributed by atoms with E-state index in [1.54, 1.807) is 32.0 Å². The zero-order chi connectivity index (χ0) is 22.4. The molecule has 1 aliphatic rings. The Morgan fingerprint density at radius 2 is 1.97 bits per heavy atom. The minimum Gasteiger partial charge on any atom is -0.497 e. The SMILES string of the molecule is CCOC(=O)N[C@@](CN1Cc2ccc(OC)cc2C1=O)(C(=O)OCC)c1cnccn1. The summed E-state index contributed by atoms with van der Waals surface area (Å²) in [6.07, 6.45) is 3.33. The highest BCUT2D eigenvalue weighted by molar-refractivity contribution is 5.99. The number of methoxy groups -OCH3 is 1. The highest BCUT2D eigenvalue weighted by Crippen LogP contribution is 2.31. The highest BCUT2D eigenvalue weighted by atomic mass is 16.6. The Labute approximate surface area is 179 Å². The van der Waals surface area contributed by atoms with E-state index < -0.39 is 17.6 Å². The molecule has 1 N–H and O–H groups in total. The van der Waals surface area contributed by atoms with E-state index in [1.807, 2.05) is 0 Å². The van der Waals surface area contributed by atoms with Crippen LogP contribution in [-0.4, -0.2) is 59.7 Å². The van der Waals surface area contributed by atoms with Crippen molar-refractivity contribution in [2.45, 2.75) is 25.9 Å². The van der Waals surface area contributed by atoms with Crippen molar-refractivity contribution < 1.29 is 28.6 Å². The number of hydrogen-bond acceptors (Lipinski definition) is 8. The van der Waals surface area contributed by atoms with E-state index in [4.69, 9.17) is 14.2 Å². The molecular formula is C21H24N4O6. The number of amides is 2. The van der Waals surface area contributed by atoms with Crippen molar-refractivity contribution in [2.24, 2.45) is 0 Å². The minimum absolute atomic E-state index is 0.0662. The lowest BCUT2D eigenvalue weighted by Gasteiger charge is -2.34. The number of rotatable bonds is 8. The molecule has 2 heterocycles. The molecule has 0 saturated heterocycles. The van der Waals surface area contributed by atoms with E-state index in [1.165, 1.54) is 30.6 Å². The molecule has 2 amide bonds. The number of carbonyl (C=O) groups is 3. The molecule has 1 aromatic heterocycles. The summed E-state index contributed by atoms with van der Waals surface area (Å²) in [6.45, 7) is 3.47. The van der Waals surface area contributed by atoms with Crippen LogP contribution in [-0.2, 0) is 26.4 Å². The molecule has 2 aromatic rings. The zero-order valence-corrected chi connectivity index (χ0v) is 17.6. The van der Waals surface area contributed by atoms with Gasteiger partial charge in [0.1, 0.15) is 5.75 Å². The van der Waals surface area contributed by atoms with Crippen LogP contribution in [0, 0.1) is 0 Å². The van der Waals surface area contributed by atoms with E-state index >= 15 is 0 Å². The molecule has 0 radical (unpaired) electrons. The third kappa shape index (κ3) is 4.42. The summed E-state index contributed by atoms with van der Waals surface area (Å²) in [4.78, 5) is 48.3. The van der Waals surface area contributed by atoms with Gasteiger partial charge >= 0.3 is 12.1 Å². The van der Waals surface area contributed by atoms with Gasteiger partial charge in [0.2, 0.25) is 5.54 Å². The molecule has 0 fully saturated rings. The minimum atomic E-state index is -1.81. The fourth-order valence-electron chi connectivity index (χ4n) is 3.40. The van der Waals surface area contributed by atoms with Crippen LogP contribution in [0.25, 0.3) is 0 Å². The summed E-state index contributed by atoms with van der Waals surface area (Å²) in [5.74, 6) is -0.536. The third-order valence-corrected chi connectivity index (χ3v) is 4.84. The number of carbonyl (C=O) groups excluding carboxylic acids is 3. The molecule has 0 unspecified atom stereocenters. The number of aromatic nitrogens is 2. The van der Waals surface area contributed by atoms with Crippen molar-refractivity contribution in [3.63, 3.8) is 0 Å². The van der Waals surface area contributed by atoms with Crippen molar-refractivity contribution in [2.75, 3.05) is 26.9 Å². The standard InChI is InChI=1S/C21H24N4O6/c1-4-30-19(27)21(24-20(28)31-5-2,17-11-22-8-9-23-17)13-25-12-14-6-7-15(29-3)10-16(14)18(25)26/h6-11H,4-5,12-13H2,1-3H3,(H,24,28)/t21-/m1/s1. The monoisotopic (exact) mass is 428 g/mol. The molecular weight excluding hydrogens is 404 g/mol. The Hall–Kier alpha value is -3.69. The molecule has 0 saturated carbocycles. The van der Waals surface area contributed by atoms with Crippen molar-refractivity contribution in [3.05, 3.63) is 53.6 Å². The molecule has 10 nitrogen and oxygen atoms in total. The number of hydrogen-bond donors (Lipinski definition) is 1. The van der Waals surface area contributed by atoms with Gasteiger partial charge in [0.15, 0.2) is 0 Å². The van der Waals surface area contributed by atoms with E-state index in [9.17, 15) is 14.4 Å². The van der Waals surface area contributed by atoms with Crippen LogP contribution in [0.1, 0.15) is 35.5 Å². The number of nitrogens with one attached hydrogen (secondary N) is 1. The van der Waals surface area contributed by atoms with E-state index in [0.29, 0.717) is 11.3 Å². The van der Waals surface area contributed by atoms with E-state index in [2.05, 4.69) is 15.3 Å². The highest BCUT2D eigenvalue weighted by Gasteiger charge is 2.49. The van der Waals surface area contributed by atoms with Gasteiger partial charge in [-0.15, -0.1) is 0 Å². The quantitative estimate of drug-likeness (QED) is 0.630. The predicted octanol–water partition coefficient (Wildman–Crippen LogP) is 1.65. The largest absolute Gasteiger partial charge is 0.497 e. The Kier molecular flexibility index (Phi) is 6.68. The Balaban J connectivity index is 2.02. The second-order valence-corrected chi connectivity index (χ2v) is 6.75. The molecule has 0 spiro atoms. The number of benzene rings is 1. The first kappa shape index (κ1) is 22.0. The molecule has 164 valence electrons. The van der Waals surface area contributed by atoms with Gasteiger partial charge in [-0.2, -0.15) is 0 Å². The summed E-state index contributed by atoms with van der Waals surface area (Å²) < 4.78 is 15.5. The molecule has 1 aliphatic heterocycles. The molecule has 3 rings (SSSR count). The first-order valence-electron chi connectivity index (χ1n) is 9.80. The van der Waals surface area contributed by atoms with Crippen LogP contribution in [0.4, 0.5) is 4.79 Å². The zero-order valence-electron chi connectivity index (χ0n) is 17.6. The number of nitrogens with zero attached hydrogens (tertiary/aromatic N) is 3. The molecule has 31 heavy (non-hydrogen) atoms. The topological polar surface area (TPSA) is 120 Å². The molecule has 0 aliphatic carbocycles. The van der Waals surface area contributed by atoms with Gasteiger partial charge in [-0.3, -0.25) is 20.1 Å².